The van der Waals surface area contributed by atoms with Crippen LogP contribution in [0.3, 0.4) is 0 Å². The van der Waals surface area contributed by atoms with E-state index in [0.717, 1.165) is 17.9 Å². The highest BCUT2D eigenvalue weighted by Crippen LogP contribution is 2.29. The van der Waals surface area contributed by atoms with Gasteiger partial charge in [0.15, 0.2) is 0 Å². The molecule has 100 valence electrons. The molecular formula is C16H20N2S. The molecule has 0 aliphatic carbocycles. The van der Waals surface area contributed by atoms with Crippen LogP contribution in [0.25, 0.3) is 0 Å². The summed E-state index contributed by atoms with van der Waals surface area (Å²) in [5.74, 6) is 0. The lowest BCUT2D eigenvalue weighted by atomic mass is 10.0. The molecule has 1 aromatic heterocycles. The van der Waals surface area contributed by atoms with Crippen molar-refractivity contribution in [3.63, 3.8) is 0 Å². The van der Waals surface area contributed by atoms with Gasteiger partial charge in [-0.05, 0) is 49.1 Å². The van der Waals surface area contributed by atoms with Crippen LogP contribution >= 0.6 is 11.8 Å². The van der Waals surface area contributed by atoms with Gasteiger partial charge in [-0.2, -0.15) is 0 Å². The summed E-state index contributed by atoms with van der Waals surface area (Å²) in [6, 6.07) is 12.8. The first kappa shape index (κ1) is 14.1. The molecule has 2 nitrogen and oxygen atoms in total. The van der Waals surface area contributed by atoms with Crippen LogP contribution in [0.2, 0.25) is 0 Å². The number of nitrogens with two attached hydrogens (primary N) is 1. The van der Waals surface area contributed by atoms with E-state index >= 15 is 0 Å². The van der Waals surface area contributed by atoms with Crippen LogP contribution in [-0.2, 0) is 6.42 Å². The van der Waals surface area contributed by atoms with Crippen molar-refractivity contribution in [2.75, 3.05) is 0 Å². The standard InChI is InChI=1S/C16H20N2S/c1-3-14(17)11-13-7-8-15(12(2)10-13)19-16-6-4-5-9-18-16/h4-10,14H,3,11,17H2,1-2H3. The van der Waals surface area contributed by atoms with Crippen molar-refractivity contribution in [3.05, 3.63) is 53.7 Å². The molecule has 3 heteroatoms. The van der Waals surface area contributed by atoms with E-state index in [1.807, 2.05) is 24.4 Å². The van der Waals surface area contributed by atoms with Gasteiger partial charge in [-0.3, -0.25) is 0 Å². The topological polar surface area (TPSA) is 38.9 Å². The van der Waals surface area contributed by atoms with E-state index in [4.69, 9.17) is 5.73 Å². The molecule has 0 fully saturated rings. The van der Waals surface area contributed by atoms with Crippen molar-refractivity contribution in [2.45, 2.75) is 42.7 Å². The SMILES string of the molecule is CCC(N)Cc1ccc(Sc2ccccn2)c(C)c1. The van der Waals surface area contributed by atoms with Crippen molar-refractivity contribution in [1.29, 1.82) is 0 Å². The zero-order valence-corrected chi connectivity index (χ0v) is 12.3. The number of hydrogen-bond donors (Lipinski definition) is 1. The first-order chi connectivity index (χ1) is 9.19. The van der Waals surface area contributed by atoms with Gasteiger partial charge >= 0.3 is 0 Å². The fraction of sp³-hybridized carbons (Fsp3) is 0.312. The van der Waals surface area contributed by atoms with Crippen molar-refractivity contribution in [2.24, 2.45) is 5.73 Å². The molecule has 2 N–H and O–H groups in total. The summed E-state index contributed by atoms with van der Waals surface area (Å²) in [4.78, 5) is 5.60. The zero-order valence-electron chi connectivity index (χ0n) is 11.5. The third-order valence-electron chi connectivity index (χ3n) is 3.11. The summed E-state index contributed by atoms with van der Waals surface area (Å²) >= 11 is 1.71. The maximum atomic E-state index is 6.00. The van der Waals surface area contributed by atoms with Gasteiger partial charge in [-0.15, -0.1) is 0 Å². The molecule has 0 bridgehead atoms. The summed E-state index contributed by atoms with van der Waals surface area (Å²) in [6.45, 7) is 4.27. The van der Waals surface area contributed by atoms with E-state index in [9.17, 15) is 0 Å². The molecule has 0 saturated heterocycles. The number of pyridine rings is 1. The minimum atomic E-state index is 0.258. The predicted molar refractivity (Wildman–Crippen MR) is 81.5 cm³/mol. The maximum absolute atomic E-state index is 6.00. The number of nitrogens with zero attached hydrogens (tertiary/aromatic N) is 1. The Kier molecular flexibility index (Phi) is 5.00. The largest absolute Gasteiger partial charge is 0.327 e. The van der Waals surface area contributed by atoms with Gasteiger partial charge in [-0.25, -0.2) is 4.98 Å². The van der Waals surface area contributed by atoms with Crippen LogP contribution in [0, 0.1) is 6.92 Å². The van der Waals surface area contributed by atoms with E-state index in [1.54, 1.807) is 11.8 Å². The number of hydrogen-bond acceptors (Lipinski definition) is 3. The predicted octanol–water partition coefficient (Wildman–Crippen LogP) is 3.82. The molecule has 1 atom stereocenters. The number of aryl methyl sites for hydroxylation is 1. The molecule has 0 spiro atoms. The van der Waals surface area contributed by atoms with Crippen LogP contribution in [-0.4, -0.2) is 11.0 Å². The molecule has 0 aliphatic heterocycles. The Balaban J connectivity index is 2.11. The molecule has 2 aromatic rings. The quantitative estimate of drug-likeness (QED) is 0.899. The highest BCUT2D eigenvalue weighted by atomic mass is 32.2. The fourth-order valence-corrected chi connectivity index (χ4v) is 2.76. The second-order valence-electron chi connectivity index (χ2n) is 4.74. The Hall–Kier alpha value is -1.32. The smallest absolute Gasteiger partial charge is 0.101 e. The number of rotatable bonds is 5. The van der Waals surface area contributed by atoms with E-state index in [-0.39, 0.29) is 6.04 Å². The minimum Gasteiger partial charge on any atom is -0.327 e. The molecule has 0 saturated carbocycles. The Labute approximate surface area is 119 Å². The fourth-order valence-electron chi connectivity index (χ4n) is 1.92. The molecule has 1 aromatic carbocycles. The Morgan fingerprint density at radius 3 is 2.74 bits per heavy atom. The normalized spacial score (nSPS) is 12.4. The molecule has 0 amide bonds. The van der Waals surface area contributed by atoms with Crippen molar-refractivity contribution in [3.8, 4) is 0 Å². The average molecular weight is 272 g/mol. The molecule has 1 heterocycles. The summed E-state index contributed by atoms with van der Waals surface area (Å²) in [5.41, 5.74) is 8.61. The minimum absolute atomic E-state index is 0.258. The molecule has 0 radical (unpaired) electrons. The van der Waals surface area contributed by atoms with Gasteiger partial charge in [0.05, 0.1) is 0 Å². The number of aromatic nitrogens is 1. The van der Waals surface area contributed by atoms with Crippen molar-refractivity contribution >= 4 is 11.8 Å². The van der Waals surface area contributed by atoms with Gasteiger partial charge < -0.3 is 5.73 Å². The van der Waals surface area contributed by atoms with Crippen LogP contribution in [0.1, 0.15) is 24.5 Å². The summed E-state index contributed by atoms with van der Waals surface area (Å²) in [5, 5.41) is 1.03. The van der Waals surface area contributed by atoms with Crippen LogP contribution in [0.15, 0.2) is 52.5 Å². The van der Waals surface area contributed by atoms with Crippen LogP contribution in [0.4, 0.5) is 0 Å². The van der Waals surface area contributed by atoms with Gasteiger partial charge in [0.2, 0.25) is 0 Å². The molecule has 2 rings (SSSR count). The van der Waals surface area contributed by atoms with Gasteiger partial charge in [0, 0.05) is 17.1 Å². The monoisotopic (exact) mass is 272 g/mol. The van der Waals surface area contributed by atoms with Gasteiger partial charge in [-0.1, -0.05) is 36.9 Å². The van der Waals surface area contributed by atoms with Crippen LogP contribution in [0.5, 0.6) is 0 Å². The second kappa shape index (κ2) is 6.73. The van der Waals surface area contributed by atoms with E-state index in [2.05, 4.69) is 37.0 Å². The highest BCUT2D eigenvalue weighted by Gasteiger charge is 2.06. The first-order valence-electron chi connectivity index (χ1n) is 6.63. The summed E-state index contributed by atoms with van der Waals surface area (Å²) < 4.78 is 0. The first-order valence-corrected chi connectivity index (χ1v) is 7.44. The average Bonchev–Trinajstić information content (AvgIpc) is 2.43. The molecule has 19 heavy (non-hydrogen) atoms. The Bertz CT molecular complexity index is 526. The van der Waals surface area contributed by atoms with Gasteiger partial charge in [0.25, 0.3) is 0 Å². The maximum Gasteiger partial charge on any atom is 0.101 e. The third kappa shape index (κ3) is 4.08. The molecule has 0 aliphatic rings. The Morgan fingerprint density at radius 2 is 2.11 bits per heavy atom. The lowest BCUT2D eigenvalue weighted by Gasteiger charge is -2.11. The third-order valence-corrected chi connectivity index (χ3v) is 4.24. The lowest BCUT2D eigenvalue weighted by molar-refractivity contribution is 0.646. The van der Waals surface area contributed by atoms with Crippen molar-refractivity contribution < 1.29 is 0 Å². The van der Waals surface area contributed by atoms with E-state index < -0.39 is 0 Å². The second-order valence-corrected chi connectivity index (χ2v) is 5.80. The van der Waals surface area contributed by atoms with Crippen LogP contribution < -0.4 is 5.73 Å². The van der Waals surface area contributed by atoms with E-state index in [0.29, 0.717) is 0 Å². The zero-order chi connectivity index (χ0) is 13.7. The highest BCUT2D eigenvalue weighted by molar-refractivity contribution is 7.99. The molecule has 1 unspecified atom stereocenters. The van der Waals surface area contributed by atoms with Gasteiger partial charge in [0.1, 0.15) is 5.03 Å². The van der Waals surface area contributed by atoms with Crippen molar-refractivity contribution in [1.82, 2.24) is 4.98 Å². The Morgan fingerprint density at radius 1 is 1.26 bits per heavy atom. The summed E-state index contributed by atoms with van der Waals surface area (Å²) in [7, 11) is 0. The number of benzene rings is 1. The molecular weight excluding hydrogens is 252 g/mol. The van der Waals surface area contributed by atoms with E-state index in [1.165, 1.54) is 16.0 Å². The summed E-state index contributed by atoms with van der Waals surface area (Å²) in [6.07, 6.45) is 3.79. The lowest BCUT2D eigenvalue weighted by Crippen LogP contribution is -2.21.